The highest BCUT2D eigenvalue weighted by molar-refractivity contribution is 6.05. The Labute approximate surface area is 201 Å². The van der Waals surface area contributed by atoms with E-state index in [1.54, 1.807) is 30.3 Å². The minimum Gasteiger partial charge on any atom is -0.484 e. The quantitative estimate of drug-likeness (QED) is 0.602. The lowest BCUT2D eigenvalue weighted by Crippen LogP contribution is -2.49. The van der Waals surface area contributed by atoms with Crippen LogP contribution in [0.2, 0.25) is 0 Å². The summed E-state index contributed by atoms with van der Waals surface area (Å²) in [6.07, 6.45) is 3.19. The zero-order valence-electron chi connectivity index (χ0n) is 20.7. The van der Waals surface area contributed by atoms with Crippen LogP contribution in [-0.2, 0) is 9.59 Å². The van der Waals surface area contributed by atoms with Gasteiger partial charge in [-0.2, -0.15) is 0 Å². The maximum Gasteiger partial charge on any atom is 0.260 e. The van der Waals surface area contributed by atoms with Crippen molar-refractivity contribution in [1.29, 1.82) is 0 Å². The molecule has 0 radical (unpaired) electrons. The number of ether oxygens (including phenoxy) is 1. The predicted octanol–water partition coefficient (Wildman–Crippen LogP) is 5.01. The SMILES string of the molecule is Cc1ccc(NC(=O)C(C)C)cc1NC(=O)c1ccc(OCC(=O)N2C(C)CCCC2C)cc1. The largest absolute Gasteiger partial charge is 0.484 e. The first-order chi connectivity index (χ1) is 16.2. The summed E-state index contributed by atoms with van der Waals surface area (Å²) in [5.41, 5.74) is 2.61. The summed E-state index contributed by atoms with van der Waals surface area (Å²) in [5, 5.41) is 5.74. The van der Waals surface area contributed by atoms with Gasteiger partial charge in [-0.1, -0.05) is 19.9 Å². The molecule has 2 aromatic rings. The fourth-order valence-corrected chi connectivity index (χ4v) is 4.15. The zero-order valence-corrected chi connectivity index (χ0v) is 20.7. The minimum absolute atomic E-state index is 0.0126. The van der Waals surface area contributed by atoms with Crippen molar-refractivity contribution < 1.29 is 19.1 Å². The summed E-state index contributed by atoms with van der Waals surface area (Å²) in [4.78, 5) is 39.3. The third-order valence-electron chi connectivity index (χ3n) is 6.24. The Balaban J connectivity index is 1.59. The van der Waals surface area contributed by atoms with Crippen molar-refractivity contribution in [2.75, 3.05) is 17.2 Å². The fraction of sp³-hybridized carbons (Fsp3) is 0.444. The van der Waals surface area contributed by atoms with Gasteiger partial charge in [-0.05, 0) is 82.0 Å². The van der Waals surface area contributed by atoms with Crippen molar-refractivity contribution in [1.82, 2.24) is 4.90 Å². The third-order valence-corrected chi connectivity index (χ3v) is 6.24. The molecule has 0 aliphatic carbocycles. The van der Waals surface area contributed by atoms with Crippen LogP contribution in [0.25, 0.3) is 0 Å². The molecule has 0 saturated carbocycles. The normalized spacial score (nSPS) is 17.9. The number of rotatable bonds is 7. The molecule has 1 saturated heterocycles. The number of aryl methyl sites for hydroxylation is 1. The first-order valence-electron chi connectivity index (χ1n) is 11.9. The molecule has 7 nitrogen and oxygen atoms in total. The van der Waals surface area contributed by atoms with Crippen LogP contribution in [0.3, 0.4) is 0 Å². The van der Waals surface area contributed by atoms with Crippen molar-refractivity contribution in [2.45, 2.75) is 66.0 Å². The van der Waals surface area contributed by atoms with Crippen LogP contribution in [0.15, 0.2) is 42.5 Å². The molecule has 1 aliphatic rings. The standard InChI is InChI=1S/C27H35N3O4/c1-17(2)26(32)28-22-12-9-18(3)24(15-22)29-27(33)21-10-13-23(14-11-21)34-16-25(31)30-19(4)7-6-8-20(30)5/h9-15,17,19-20H,6-8,16H2,1-5H3,(H,28,32)(H,29,33). The number of piperidine rings is 1. The van der Waals surface area contributed by atoms with Crippen molar-refractivity contribution in [3.05, 3.63) is 53.6 Å². The van der Waals surface area contributed by atoms with E-state index in [0.29, 0.717) is 22.7 Å². The fourth-order valence-electron chi connectivity index (χ4n) is 4.15. The lowest BCUT2D eigenvalue weighted by Gasteiger charge is -2.38. The topological polar surface area (TPSA) is 87.7 Å². The van der Waals surface area contributed by atoms with Crippen LogP contribution in [0, 0.1) is 12.8 Å². The summed E-state index contributed by atoms with van der Waals surface area (Å²) in [6.45, 7) is 9.68. The van der Waals surface area contributed by atoms with Crippen molar-refractivity contribution in [3.63, 3.8) is 0 Å². The molecule has 3 amide bonds. The Bertz CT molecular complexity index is 1020. The van der Waals surface area contributed by atoms with Crippen molar-refractivity contribution in [3.8, 4) is 5.75 Å². The van der Waals surface area contributed by atoms with Crippen LogP contribution in [0.1, 0.15) is 62.9 Å². The molecule has 0 spiro atoms. The Morgan fingerprint density at radius 1 is 1.00 bits per heavy atom. The average molecular weight is 466 g/mol. The van der Waals surface area contributed by atoms with E-state index in [1.165, 1.54) is 0 Å². The molecule has 1 aliphatic heterocycles. The monoisotopic (exact) mass is 465 g/mol. The molecular weight excluding hydrogens is 430 g/mol. The lowest BCUT2D eigenvalue weighted by atomic mass is 9.97. The second kappa shape index (κ2) is 11.2. The third kappa shape index (κ3) is 6.37. The number of hydrogen-bond acceptors (Lipinski definition) is 4. The molecule has 2 N–H and O–H groups in total. The van der Waals surface area contributed by atoms with Gasteiger partial charge >= 0.3 is 0 Å². The van der Waals surface area contributed by atoms with Crippen molar-refractivity contribution in [2.24, 2.45) is 5.92 Å². The summed E-state index contributed by atoms with van der Waals surface area (Å²) in [7, 11) is 0. The molecule has 2 atom stereocenters. The molecule has 7 heteroatoms. The van der Waals surface area contributed by atoms with E-state index in [1.807, 2.05) is 37.8 Å². The smallest absolute Gasteiger partial charge is 0.260 e. The first-order valence-corrected chi connectivity index (χ1v) is 11.9. The molecular formula is C27H35N3O4. The van der Waals surface area contributed by atoms with E-state index < -0.39 is 0 Å². The molecule has 1 fully saturated rings. The van der Waals surface area contributed by atoms with Gasteiger partial charge < -0.3 is 20.3 Å². The van der Waals surface area contributed by atoms with Crippen LogP contribution in [-0.4, -0.2) is 41.3 Å². The highest BCUT2D eigenvalue weighted by Crippen LogP contribution is 2.24. The summed E-state index contributed by atoms with van der Waals surface area (Å²) >= 11 is 0. The molecule has 182 valence electrons. The van der Waals surface area contributed by atoms with Crippen LogP contribution in [0.5, 0.6) is 5.75 Å². The van der Waals surface area contributed by atoms with E-state index in [-0.39, 0.29) is 42.3 Å². The van der Waals surface area contributed by atoms with Gasteiger partial charge in [-0.25, -0.2) is 0 Å². The number of carbonyl (C=O) groups is 3. The second-order valence-corrected chi connectivity index (χ2v) is 9.37. The van der Waals surface area contributed by atoms with E-state index in [9.17, 15) is 14.4 Å². The van der Waals surface area contributed by atoms with Crippen LogP contribution in [0.4, 0.5) is 11.4 Å². The Morgan fingerprint density at radius 2 is 1.65 bits per heavy atom. The summed E-state index contributed by atoms with van der Waals surface area (Å²) < 4.78 is 5.70. The van der Waals surface area contributed by atoms with Gasteiger partial charge in [0.2, 0.25) is 5.91 Å². The van der Waals surface area contributed by atoms with Gasteiger partial charge in [-0.15, -0.1) is 0 Å². The van der Waals surface area contributed by atoms with Gasteiger partial charge in [0.1, 0.15) is 5.75 Å². The Hall–Kier alpha value is -3.35. The van der Waals surface area contributed by atoms with Gasteiger partial charge in [-0.3, -0.25) is 14.4 Å². The molecule has 2 aromatic carbocycles. The van der Waals surface area contributed by atoms with Crippen LogP contribution < -0.4 is 15.4 Å². The number of nitrogens with one attached hydrogen (secondary N) is 2. The predicted molar refractivity (Wildman–Crippen MR) is 134 cm³/mol. The van der Waals surface area contributed by atoms with E-state index >= 15 is 0 Å². The molecule has 0 bridgehead atoms. The molecule has 1 heterocycles. The number of amides is 3. The molecule has 2 unspecified atom stereocenters. The second-order valence-electron chi connectivity index (χ2n) is 9.37. The van der Waals surface area contributed by atoms with Gasteiger partial charge in [0.05, 0.1) is 0 Å². The molecule has 0 aromatic heterocycles. The minimum atomic E-state index is -0.269. The Morgan fingerprint density at radius 3 is 2.26 bits per heavy atom. The van der Waals surface area contributed by atoms with E-state index in [4.69, 9.17) is 4.74 Å². The average Bonchev–Trinajstić information content (AvgIpc) is 2.80. The van der Waals surface area contributed by atoms with Gasteiger partial charge in [0.15, 0.2) is 6.61 Å². The number of carbonyl (C=O) groups excluding carboxylic acids is 3. The molecule has 3 rings (SSSR count). The van der Waals surface area contributed by atoms with Crippen molar-refractivity contribution >= 4 is 29.1 Å². The lowest BCUT2D eigenvalue weighted by molar-refractivity contribution is -0.139. The summed E-state index contributed by atoms with van der Waals surface area (Å²) in [6, 6.07) is 12.6. The van der Waals surface area contributed by atoms with Crippen LogP contribution >= 0.6 is 0 Å². The van der Waals surface area contributed by atoms with E-state index in [0.717, 1.165) is 24.8 Å². The number of anilines is 2. The zero-order chi connectivity index (χ0) is 24.8. The number of hydrogen-bond donors (Lipinski definition) is 2. The maximum atomic E-state index is 12.8. The van der Waals surface area contributed by atoms with Gasteiger partial charge in [0, 0.05) is 34.9 Å². The van der Waals surface area contributed by atoms with E-state index in [2.05, 4.69) is 24.5 Å². The summed E-state index contributed by atoms with van der Waals surface area (Å²) in [5.74, 6) is 0.0358. The number of nitrogens with zero attached hydrogens (tertiary/aromatic N) is 1. The maximum absolute atomic E-state index is 12.8. The highest BCUT2D eigenvalue weighted by Gasteiger charge is 2.29. The Kier molecular flexibility index (Phi) is 8.31. The highest BCUT2D eigenvalue weighted by atomic mass is 16.5. The first kappa shape index (κ1) is 25.3. The number of likely N-dealkylation sites (tertiary alicyclic amines) is 1. The molecule has 34 heavy (non-hydrogen) atoms. The van der Waals surface area contributed by atoms with Gasteiger partial charge in [0.25, 0.3) is 11.8 Å². The number of benzene rings is 2.